The van der Waals surface area contributed by atoms with Crippen LogP contribution in [0, 0.1) is 12.8 Å². The van der Waals surface area contributed by atoms with Crippen LogP contribution in [-0.2, 0) is 11.2 Å². The number of nitrogens with one attached hydrogen (secondary N) is 1. The predicted molar refractivity (Wildman–Crippen MR) is 152 cm³/mol. The first kappa shape index (κ1) is 30.8. The second-order valence-corrected chi connectivity index (χ2v) is 10.6. The van der Waals surface area contributed by atoms with E-state index in [2.05, 4.69) is 33.0 Å². The van der Waals surface area contributed by atoms with E-state index >= 15 is 0 Å². The minimum atomic E-state index is -0.535. The Labute approximate surface area is 227 Å². The average Bonchev–Trinajstić information content (AvgIpc) is 2.86. The molecular formula is C30H44ClN3O3. The molecule has 0 saturated carbocycles. The lowest BCUT2D eigenvalue weighted by molar-refractivity contribution is 0.0238. The molecule has 7 heteroatoms. The lowest BCUT2D eigenvalue weighted by atomic mass is 10.0. The number of nitrogens with zero attached hydrogens (tertiary/aromatic N) is 1. The number of nitrogens with two attached hydrogens (primary N) is 1. The predicted octanol–water partition coefficient (Wildman–Crippen LogP) is 5.64. The number of rotatable bonds is 15. The molecule has 0 aliphatic heterocycles. The summed E-state index contributed by atoms with van der Waals surface area (Å²) in [5.41, 5.74) is 9.29. The van der Waals surface area contributed by atoms with Crippen LogP contribution in [0.1, 0.15) is 78.8 Å². The molecule has 0 heterocycles. The highest BCUT2D eigenvalue weighted by Crippen LogP contribution is 2.17. The van der Waals surface area contributed by atoms with E-state index in [0.29, 0.717) is 48.1 Å². The van der Waals surface area contributed by atoms with E-state index in [1.165, 1.54) is 0 Å². The van der Waals surface area contributed by atoms with E-state index in [1.807, 2.05) is 42.2 Å². The molecule has 2 atom stereocenters. The standard InChI is InChI=1S/C30H44ClN3O3/c1-6-14-34(15-7-2)29(35)24-16-22(5)17-25(19-24)30(36)37-28(20-33-13-12-21(3)4)27(32)18-23-8-10-26(31)11-9-23/h8-11,16-17,19,21,27-28,33H,6-7,12-15,18,20,32H2,1-5H3/t27-,28+/m0/s1. The Morgan fingerprint density at radius 3 is 2.24 bits per heavy atom. The minimum absolute atomic E-state index is 0.0622. The third kappa shape index (κ3) is 10.5. The first-order chi connectivity index (χ1) is 17.6. The Balaban J connectivity index is 2.21. The van der Waals surface area contributed by atoms with Gasteiger partial charge in [0.15, 0.2) is 0 Å². The van der Waals surface area contributed by atoms with Crippen molar-refractivity contribution in [2.24, 2.45) is 11.7 Å². The number of halogens is 1. The molecule has 6 nitrogen and oxygen atoms in total. The smallest absolute Gasteiger partial charge is 0.338 e. The Kier molecular flexibility index (Phi) is 13.1. The molecular weight excluding hydrogens is 486 g/mol. The van der Waals surface area contributed by atoms with Gasteiger partial charge in [0.1, 0.15) is 6.10 Å². The molecule has 1 amide bonds. The summed E-state index contributed by atoms with van der Waals surface area (Å²) in [4.78, 5) is 28.3. The lowest BCUT2D eigenvalue weighted by Crippen LogP contribution is -2.46. The SMILES string of the molecule is CCCN(CCC)C(=O)c1cc(C)cc(C(=O)O[C@H](CNCCC(C)C)[C@@H](N)Cc2ccc(Cl)cc2)c1. The van der Waals surface area contributed by atoms with Gasteiger partial charge in [-0.3, -0.25) is 4.79 Å². The maximum atomic E-state index is 13.3. The molecule has 2 aromatic carbocycles. The molecule has 204 valence electrons. The molecule has 0 aliphatic carbocycles. The van der Waals surface area contributed by atoms with E-state index in [0.717, 1.165) is 36.9 Å². The Morgan fingerprint density at radius 1 is 1.03 bits per heavy atom. The van der Waals surface area contributed by atoms with Gasteiger partial charge < -0.3 is 20.7 Å². The number of benzene rings is 2. The third-order valence-electron chi connectivity index (χ3n) is 6.20. The fraction of sp³-hybridized carbons (Fsp3) is 0.533. The Morgan fingerprint density at radius 2 is 1.65 bits per heavy atom. The van der Waals surface area contributed by atoms with Gasteiger partial charge in [-0.15, -0.1) is 0 Å². The van der Waals surface area contributed by atoms with Crippen LogP contribution < -0.4 is 11.1 Å². The monoisotopic (exact) mass is 529 g/mol. The van der Waals surface area contributed by atoms with E-state index < -0.39 is 18.1 Å². The minimum Gasteiger partial charge on any atom is -0.456 e. The number of hydrogen-bond acceptors (Lipinski definition) is 5. The number of carbonyl (C=O) groups is 2. The third-order valence-corrected chi connectivity index (χ3v) is 6.45. The number of carbonyl (C=O) groups excluding carboxylic acids is 2. The van der Waals surface area contributed by atoms with Crippen molar-refractivity contribution in [2.45, 2.75) is 72.4 Å². The summed E-state index contributed by atoms with van der Waals surface area (Å²) < 4.78 is 5.97. The fourth-order valence-corrected chi connectivity index (χ4v) is 4.33. The van der Waals surface area contributed by atoms with Gasteiger partial charge in [0.05, 0.1) is 5.56 Å². The molecule has 2 aromatic rings. The topological polar surface area (TPSA) is 84.7 Å². The molecule has 0 saturated heterocycles. The van der Waals surface area contributed by atoms with Crippen LogP contribution in [0.3, 0.4) is 0 Å². The van der Waals surface area contributed by atoms with E-state index in [-0.39, 0.29) is 5.91 Å². The van der Waals surface area contributed by atoms with Crippen LogP contribution >= 0.6 is 11.6 Å². The summed E-state index contributed by atoms with van der Waals surface area (Å²) in [6, 6.07) is 12.4. The van der Waals surface area contributed by atoms with Crippen molar-refractivity contribution < 1.29 is 14.3 Å². The molecule has 0 bridgehead atoms. The number of esters is 1. The molecule has 2 rings (SSSR count). The van der Waals surface area contributed by atoms with Gasteiger partial charge >= 0.3 is 5.97 Å². The van der Waals surface area contributed by atoms with Gasteiger partial charge in [-0.1, -0.05) is 51.4 Å². The van der Waals surface area contributed by atoms with Crippen molar-refractivity contribution in [3.8, 4) is 0 Å². The van der Waals surface area contributed by atoms with Crippen molar-refractivity contribution >= 4 is 23.5 Å². The van der Waals surface area contributed by atoms with Crippen LogP contribution in [0.4, 0.5) is 0 Å². The zero-order valence-corrected chi connectivity index (χ0v) is 23.8. The number of ether oxygens (including phenoxy) is 1. The van der Waals surface area contributed by atoms with Crippen molar-refractivity contribution in [1.29, 1.82) is 0 Å². The highest BCUT2D eigenvalue weighted by molar-refractivity contribution is 6.30. The van der Waals surface area contributed by atoms with E-state index in [4.69, 9.17) is 22.1 Å². The largest absolute Gasteiger partial charge is 0.456 e. The summed E-state index contributed by atoms with van der Waals surface area (Å²) in [6.07, 6.45) is 2.78. The normalized spacial score (nSPS) is 12.9. The van der Waals surface area contributed by atoms with E-state index in [9.17, 15) is 9.59 Å². The number of amides is 1. The highest BCUT2D eigenvalue weighted by atomic mass is 35.5. The summed E-state index contributed by atoms with van der Waals surface area (Å²) >= 11 is 6.02. The van der Waals surface area contributed by atoms with Crippen molar-refractivity contribution in [2.75, 3.05) is 26.2 Å². The quantitative estimate of drug-likeness (QED) is 0.230. The van der Waals surface area contributed by atoms with Crippen LogP contribution in [0.25, 0.3) is 0 Å². The lowest BCUT2D eigenvalue weighted by Gasteiger charge is -2.25. The van der Waals surface area contributed by atoms with Crippen LogP contribution in [-0.4, -0.2) is 55.1 Å². The van der Waals surface area contributed by atoms with Gasteiger partial charge in [0.25, 0.3) is 5.91 Å². The van der Waals surface area contributed by atoms with Gasteiger partial charge in [0.2, 0.25) is 0 Å². The Bertz CT molecular complexity index is 988. The molecule has 0 radical (unpaired) electrons. The number of hydrogen-bond donors (Lipinski definition) is 2. The highest BCUT2D eigenvalue weighted by Gasteiger charge is 2.25. The molecule has 0 aromatic heterocycles. The maximum Gasteiger partial charge on any atom is 0.338 e. The van der Waals surface area contributed by atoms with E-state index in [1.54, 1.807) is 12.1 Å². The molecule has 0 aliphatic rings. The van der Waals surface area contributed by atoms with Gasteiger partial charge in [-0.05, 0) is 86.5 Å². The van der Waals surface area contributed by atoms with Gasteiger partial charge in [0, 0.05) is 36.3 Å². The fourth-order valence-electron chi connectivity index (χ4n) is 4.21. The average molecular weight is 530 g/mol. The summed E-state index contributed by atoms with van der Waals surface area (Å²) in [7, 11) is 0. The molecule has 0 unspecified atom stereocenters. The van der Waals surface area contributed by atoms with Crippen molar-refractivity contribution in [1.82, 2.24) is 10.2 Å². The molecule has 3 N–H and O–H groups in total. The number of aryl methyl sites for hydroxylation is 1. The van der Waals surface area contributed by atoms with Crippen molar-refractivity contribution in [3.05, 3.63) is 69.7 Å². The summed E-state index contributed by atoms with van der Waals surface area (Å²) in [5, 5.41) is 4.06. The van der Waals surface area contributed by atoms with Crippen LogP contribution in [0.15, 0.2) is 42.5 Å². The summed E-state index contributed by atoms with van der Waals surface area (Å²) in [6.45, 7) is 13.0. The van der Waals surface area contributed by atoms with Gasteiger partial charge in [-0.25, -0.2) is 4.79 Å². The van der Waals surface area contributed by atoms with Crippen LogP contribution in [0.2, 0.25) is 5.02 Å². The second kappa shape index (κ2) is 15.8. The summed E-state index contributed by atoms with van der Waals surface area (Å²) in [5.74, 6) is 0.0322. The van der Waals surface area contributed by atoms with Gasteiger partial charge in [-0.2, -0.15) is 0 Å². The molecule has 0 fully saturated rings. The first-order valence-electron chi connectivity index (χ1n) is 13.5. The zero-order valence-electron chi connectivity index (χ0n) is 23.1. The Hall–Kier alpha value is -2.41. The first-order valence-corrected chi connectivity index (χ1v) is 13.8. The maximum absolute atomic E-state index is 13.3. The zero-order chi connectivity index (χ0) is 27.4. The molecule has 0 spiro atoms. The second-order valence-electron chi connectivity index (χ2n) is 10.2. The molecule has 37 heavy (non-hydrogen) atoms. The van der Waals surface area contributed by atoms with Crippen LogP contribution in [0.5, 0.6) is 0 Å². The van der Waals surface area contributed by atoms with Crippen molar-refractivity contribution in [3.63, 3.8) is 0 Å².